The number of halogens is 2. The minimum absolute atomic E-state index is 0.0497. The molecule has 1 aliphatic heterocycles. The molecule has 0 aliphatic carbocycles. The molecule has 2 N–H and O–H groups in total. The van der Waals surface area contributed by atoms with E-state index in [-0.39, 0.29) is 24.3 Å². The number of aryl methyl sites for hydroxylation is 1. The van der Waals surface area contributed by atoms with Crippen LogP contribution in [0.1, 0.15) is 25.6 Å². The van der Waals surface area contributed by atoms with Gasteiger partial charge in [-0.3, -0.25) is 19.3 Å². The molecule has 1 saturated heterocycles. The molecule has 0 unspecified atom stereocenters. The first-order chi connectivity index (χ1) is 16.8. The molecule has 0 bridgehead atoms. The average molecular weight is 532 g/mol. The fourth-order valence-corrected chi connectivity index (χ4v) is 4.77. The van der Waals surface area contributed by atoms with Gasteiger partial charge in [-0.15, -0.1) is 0 Å². The van der Waals surface area contributed by atoms with Crippen molar-refractivity contribution in [2.24, 2.45) is 0 Å². The maximum atomic E-state index is 12.6. The molecule has 2 aromatic carbocycles. The Morgan fingerprint density at radius 2 is 1.71 bits per heavy atom. The summed E-state index contributed by atoms with van der Waals surface area (Å²) >= 11 is 13.2. The highest BCUT2D eigenvalue weighted by molar-refractivity contribution is 7.17. The number of carbonyl (C=O) groups is 3. The van der Waals surface area contributed by atoms with Crippen LogP contribution < -0.4 is 10.6 Å². The molecule has 0 spiro atoms. The molecule has 1 aromatic heterocycles. The minimum Gasteiger partial charge on any atom is -0.336 e. The van der Waals surface area contributed by atoms with Gasteiger partial charge in [-0.05, 0) is 42.8 Å². The Morgan fingerprint density at radius 1 is 1.00 bits per heavy atom. The van der Waals surface area contributed by atoms with Gasteiger partial charge in [0.15, 0.2) is 5.13 Å². The highest BCUT2D eigenvalue weighted by Gasteiger charge is 2.24. The lowest BCUT2D eigenvalue weighted by atomic mass is 10.2. The van der Waals surface area contributed by atoms with Crippen molar-refractivity contribution in [1.82, 2.24) is 14.8 Å². The fourth-order valence-electron chi connectivity index (χ4n) is 3.65. The summed E-state index contributed by atoms with van der Waals surface area (Å²) < 4.78 is 0. The Hall–Kier alpha value is -2.98. The van der Waals surface area contributed by atoms with Crippen molar-refractivity contribution < 1.29 is 14.4 Å². The van der Waals surface area contributed by atoms with Crippen LogP contribution in [0.2, 0.25) is 10.0 Å². The predicted molar refractivity (Wildman–Crippen MR) is 139 cm³/mol. The zero-order valence-electron chi connectivity index (χ0n) is 18.9. The van der Waals surface area contributed by atoms with Crippen LogP contribution in [0.5, 0.6) is 0 Å². The Balaban J connectivity index is 1.25. The van der Waals surface area contributed by atoms with Gasteiger partial charge in [0.25, 0.3) is 11.8 Å². The van der Waals surface area contributed by atoms with E-state index in [1.54, 1.807) is 35.2 Å². The molecule has 0 radical (unpaired) electrons. The van der Waals surface area contributed by atoms with E-state index >= 15 is 0 Å². The number of anilines is 2. The van der Waals surface area contributed by atoms with E-state index in [0.717, 1.165) is 16.9 Å². The average Bonchev–Trinajstić information content (AvgIpc) is 3.30. The van der Waals surface area contributed by atoms with Gasteiger partial charge < -0.3 is 15.5 Å². The summed E-state index contributed by atoms with van der Waals surface area (Å²) in [5, 5.41) is 6.91. The van der Waals surface area contributed by atoms with E-state index < -0.39 is 0 Å². The number of amides is 3. The van der Waals surface area contributed by atoms with E-state index in [9.17, 15) is 14.4 Å². The number of benzene rings is 2. The molecular weight excluding hydrogens is 509 g/mol. The van der Waals surface area contributed by atoms with Crippen molar-refractivity contribution in [1.29, 1.82) is 0 Å². The summed E-state index contributed by atoms with van der Waals surface area (Å²) in [6, 6.07) is 12.2. The van der Waals surface area contributed by atoms with Crippen molar-refractivity contribution in [3.8, 4) is 0 Å². The molecule has 182 valence electrons. The highest BCUT2D eigenvalue weighted by atomic mass is 35.5. The second-order valence-corrected chi connectivity index (χ2v) is 9.91. The fraction of sp³-hybridized carbons (Fsp3) is 0.250. The van der Waals surface area contributed by atoms with E-state index in [2.05, 4.69) is 15.6 Å². The molecule has 2 heterocycles. The predicted octanol–water partition coefficient (Wildman–Crippen LogP) is 4.41. The summed E-state index contributed by atoms with van der Waals surface area (Å²) in [5.41, 5.74) is 1.99. The number of nitrogens with zero attached hydrogens (tertiary/aromatic N) is 3. The third-order valence-corrected chi connectivity index (χ3v) is 7.03. The lowest BCUT2D eigenvalue weighted by molar-refractivity contribution is -0.117. The number of hydrogen-bond acceptors (Lipinski definition) is 6. The van der Waals surface area contributed by atoms with Gasteiger partial charge in [0.05, 0.1) is 23.5 Å². The maximum Gasteiger partial charge on any atom is 0.267 e. The molecule has 3 amide bonds. The van der Waals surface area contributed by atoms with Gasteiger partial charge in [0.2, 0.25) is 5.91 Å². The Kier molecular flexibility index (Phi) is 8.02. The summed E-state index contributed by atoms with van der Waals surface area (Å²) in [7, 11) is 0. The van der Waals surface area contributed by atoms with Gasteiger partial charge in [-0.25, -0.2) is 4.98 Å². The van der Waals surface area contributed by atoms with E-state index in [4.69, 9.17) is 23.2 Å². The topological polar surface area (TPSA) is 94.6 Å². The molecular formula is C24H23Cl2N5O3S. The van der Waals surface area contributed by atoms with Gasteiger partial charge in [-0.2, -0.15) is 0 Å². The van der Waals surface area contributed by atoms with E-state index in [1.165, 1.54) is 6.20 Å². The molecule has 4 rings (SSSR count). The lowest BCUT2D eigenvalue weighted by Gasteiger charge is -2.34. The van der Waals surface area contributed by atoms with Crippen LogP contribution in [0, 0.1) is 6.92 Å². The second kappa shape index (κ2) is 11.2. The van der Waals surface area contributed by atoms with Crippen LogP contribution in [0.4, 0.5) is 10.8 Å². The smallest absolute Gasteiger partial charge is 0.267 e. The number of rotatable bonds is 6. The Labute approximate surface area is 216 Å². The molecule has 1 fully saturated rings. The number of aromatic nitrogens is 1. The van der Waals surface area contributed by atoms with Crippen LogP contribution in [0.15, 0.2) is 48.7 Å². The van der Waals surface area contributed by atoms with Gasteiger partial charge in [0, 0.05) is 36.8 Å². The van der Waals surface area contributed by atoms with Crippen LogP contribution >= 0.6 is 34.5 Å². The van der Waals surface area contributed by atoms with Crippen molar-refractivity contribution in [3.63, 3.8) is 0 Å². The molecule has 0 saturated carbocycles. The number of para-hydroxylation sites is 1. The first-order valence-corrected chi connectivity index (χ1v) is 12.5. The number of hydrogen-bond donors (Lipinski definition) is 2. The molecule has 11 heteroatoms. The number of thiazole rings is 1. The van der Waals surface area contributed by atoms with E-state index in [1.807, 2.05) is 24.0 Å². The molecule has 0 atom stereocenters. The zero-order valence-corrected chi connectivity index (χ0v) is 21.2. The molecule has 1 aliphatic rings. The molecule has 8 nitrogen and oxygen atoms in total. The summed E-state index contributed by atoms with van der Waals surface area (Å²) in [6.45, 7) is 4.23. The summed E-state index contributed by atoms with van der Waals surface area (Å²) in [4.78, 5) is 46.0. The second-order valence-electron chi connectivity index (χ2n) is 8.04. The van der Waals surface area contributed by atoms with Crippen LogP contribution in [-0.2, 0) is 4.79 Å². The minimum atomic E-state index is -0.347. The van der Waals surface area contributed by atoms with Gasteiger partial charge in [-0.1, -0.05) is 46.7 Å². The first-order valence-electron chi connectivity index (χ1n) is 10.9. The monoisotopic (exact) mass is 531 g/mol. The Morgan fingerprint density at radius 3 is 2.40 bits per heavy atom. The normalized spacial score (nSPS) is 14.0. The van der Waals surface area contributed by atoms with Crippen molar-refractivity contribution in [2.75, 3.05) is 43.4 Å². The van der Waals surface area contributed by atoms with Crippen molar-refractivity contribution in [3.05, 3.63) is 74.7 Å². The zero-order chi connectivity index (χ0) is 24.9. The highest BCUT2D eigenvalue weighted by Crippen LogP contribution is 2.27. The number of nitrogens with one attached hydrogen (secondary N) is 2. The summed E-state index contributed by atoms with van der Waals surface area (Å²) in [5.74, 6) is -0.627. The Bertz CT molecular complexity index is 1220. The van der Waals surface area contributed by atoms with Crippen LogP contribution in [0.3, 0.4) is 0 Å². The van der Waals surface area contributed by atoms with Crippen LogP contribution in [0.25, 0.3) is 0 Å². The first kappa shape index (κ1) is 25.1. The third kappa shape index (κ3) is 6.37. The maximum absolute atomic E-state index is 12.6. The molecule has 35 heavy (non-hydrogen) atoms. The largest absolute Gasteiger partial charge is 0.336 e. The standard InChI is InChI=1S/C24H23Cl2N5O3S/c1-15-3-2-4-18(26)21(15)29-22(33)19-13-27-24(35-19)28-20(32)14-30-9-11-31(12-10-30)23(34)16-5-7-17(25)8-6-16/h2-8,13H,9-12,14H2,1H3,(H,29,33)(H,27,28,32). The third-order valence-electron chi connectivity index (χ3n) is 5.55. The quantitative estimate of drug-likeness (QED) is 0.491. The summed E-state index contributed by atoms with van der Waals surface area (Å²) in [6.07, 6.45) is 1.42. The van der Waals surface area contributed by atoms with Crippen molar-refractivity contribution >= 4 is 63.1 Å². The SMILES string of the molecule is Cc1cccc(Cl)c1NC(=O)c1cnc(NC(=O)CN2CCN(C(=O)c3ccc(Cl)cc3)CC2)s1. The number of piperazine rings is 1. The van der Waals surface area contributed by atoms with Gasteiger partial charge >= 0.3 is 0 Å². The molecule has 3 aromatic rings. The van der Waals surface area contributed by atoms with Crippen LogP contribution in [-0.4, -0.2) is 65.2 Å². The van der Waals surface area contributed by atoms with E-state index in [0.29, 0.717) is 57.5 Å². The number of carbonyl (C=O) groups excluding carboxylic acids is 3. The van der Waals surface area contributed by atoms with Gasteiger partial charge in [0.1, 0.15) is 4.88 Å². The lowest BCUT2D eigenvalue weighted by Crippen LogP contribution is -2.50. The van der Waals surface area contributed by atoms with Crippen molar-refractivity contribution in [2.45, 2.75) is 6.92 Å².